The van der Waals surface area contributed by atoms with E-state index in [9.17, 15) is 0 Å². The normalized spacial score (nSPS) is 24.1. The van der Waals surface area contributed by atoms with Gasteiger partial charge in [0.1, 0.15) is 11.6 Å². The van der Waals surface area contributed by atoms with Gasteiger partial charge >= 0.3 is 0 Å². The van der Waals surface area contributed by atoms with Gasteiger partial charge in [-0.1, -0.05) is 13.8 Å². The number of rotatable bonds is 4. The smallest absolute Gasteiger partial charge is 0.132 e. The molecule has 22 heavy (non-hydrogen) atoms. The van der Waals surface area contributed by atoms with Crippen LogP contribution in [0.2, 0.25) is 0 Å². The van der Waals surface area contributed by atoms with E-state index >= 15 is 0 Å². The Morgan fingerprint density at radius 1 is 1.09 bits per heavy atom. The minimum atomic E-state index is 0.694. The van der Waals surface area contributed by atoms with Gasteiger partial charge in [0.15, 0.2) is 0 Å². The highest BCUT2D eigenvalue weighted by Crippen LogP contribution is 2.23. The van der Waals surface area contributed by atoms with E-state index < -0.39 is 0 Å². The molecule has 2 aliphatic rings. The first-order valence-electron chi connectivity index (χ1n) is 8.75. The van der Waals surface area contributed by atoms with Gasteiger partial charge in [-0.3, -0.25) is 4.90 Å². The van der Waals surface area contributed by atoms with Crippen molar-refractivity contribution in [1.29, 1.82) is 0 Å². The van der Waals surface area contributed by atoms with Crippen molar-refractivity contribution in [3.8, 4) is 0 Å². The van der Waals surface area contributed by atoms with Crippen molar-refractivity contribution in [3.05, 3.63) is 17.6 Å². The number of hydrogen-bond donors (Lipinski definition) is 0. The summed E-state index contributed by atoms with van der Waals surface area (Å²) in [6.45, 7) is 14.7. The maximum absolute atomic E-state index is 4.66. The third kappa shape index (κ3) is 3.41. The highest BCUT2D eigenvalue weighted by Gasteiger charge is 2.30. The van der Waals surface area contributed by atoms with Crippen LogP contribution in [0.15, 0.2) is 6.07 Å². The fourth-order valence-electron chi connectivity index (χ4n) is 3.65. The van der Waals surface area contributed by atoms with Gasteiger partial charge in [0.25, 0.3) is 0 Å². The summed E-state index contributed by atoms with van der Waals surface area (Å²) in [4.78, 5) is 16.8. The number of aryl methyl sites for hydroxylation is 2. The van der Waals surface area contributed by atoms with Crippen LogP contribution in [0.5, 0.6) is 0 Å². The second kappa shape index (κ2) is 6.92. The van der Waals surface area contributed by atoms with Gasteiger partial charge in [0.05, 0.1) is 0 Å². The summed E-state index contributed by atoms with van der Waals surface area (Å²) in [6, 6.07) is 2.86. The van der Waals surface area contributed by atoms with Gasteiger partial charge in [-0.05, 0) is 26.3 Å². The monoisotopic (exact) mass is 303 g/mol. The minimum absolute atomic E-state index is 0.694. The number of nitrogens with zero attached hydrogens (tertiary/aromatic N) is 5. The first kappa shape index (κ1) is 15.7. The molecule has 0 saturated carbocycles. The van der Waals surface area contributed by atoms with Crippen LogP contribution in [0.4, 0.5) is 5.82 Å². The summed E-state index contributed by atoms with van der Waals surface area (Å²) >= 11 is 0. The molecule has 0 spiro atoms. The van der Waals surface area contributed by atoms with Gasteiger partial charge in [0.2, 0.25) is 0 Å². The first-order chi connectivity index (χ1) is 10.7. The van der Waals surface area contributed by atoms with Crippen LogP contribution in [-0.4, -0.2) is 71.6 Å². The topological polar surface area (TPSA) is 35.5 Å². The molecule has 2 aliphatic heterocycles. The van der Waals surface area contributed by atoms with Gasteiger partial charge in [0, 0.05) is 57.1 Å². The molecular formula is C17H29N5. The Balaban J connectivity index is 1.61. The predicted octanol–water partition coefficient (Wildman–Crippen LogP) is 1.56. The molecule has 5 nitrogen and oxygen atoms in total. The lowest BCUT2D eigenvalue weighted by atomic mass is 10.2. The number of likely N-dealkylation sites (N-methyl/N-ethyl adjacent to an activating group) is 1. The number of aromatic nitrogens is 2. The summed E-state index contributed by atoms with van der Waals surface area (Å²) in [5, 5.41) is 0. The second-order valence-corrected chi connectivity index (χ2v) is 6.48. The Morgan fingerprint density at radius 2 is 1.86 bits per heavy atom. The molecular weight excluding hydrogens is 274 g/mol. The van der Waals surface area contributed by atoms with Crippen molar-refractivity contribution in [3.63, 3.8) is 0 Å². The van der Waals surface area contributed by atoms with Crippen molar-refractivity contribution < 1.29 is 0 Å². The fourth-order valence-corrected chi connectivity index (χ4v) is 3.65. The summed E-state index contributed by atoms with van der Waals surface area (Å²) in [5.41, 5.74) is 1.16. The maximum Gasteiger partial charge on any atom is 0.132 e. The largest absolute Gasteiger partial charge is 0.355 e. The molecule has 0 radical (unpaired) electrons. The second-order valence-electron chi connectivity index (χ2n) is 6.48. The molecule has 1 aromatic rings. The quantitative estimate of drug-likeness (QED) is 0.843. The third-order valence-corrected chi connectivity index (χ3v) is 5.10. The number of hydrogen-bond acceptors (Lipinski definition) is 5. The molecule has 5 heteroatoms. The summed E-state index contributed by atoms with van der Waals surface area (Å²) < 4.78 is 0. The molecule has 1 atom stereocenters. The molecule has 1 aromatic heterocycles. The van der Waals surface area contributed by atoms with Crippen molar-refractivity contribution >= 4 is 5.82 Å². The highest BCUT2D eigenvalue weighted by molar-refractivity contribution is 5.41. The maximum atomic E-state index is 4.66. The molecule has 1 unspecified atom stereocenters. The van der Waals surface area contributed by atoms with Crippen LogP contribution in [0.3, 0.4) is 0 Å². The first-order valence-corrected chi connectivity index (χ1v) is 8.75. The van der Waals surface area contributed by atoms with E-state index in [0.29, 0.717) is 6.04 Å². The van der Waals surface area contributed by atoms with E-state index in [1.165, 1.54) is 39.1 Å². The summed E-state index contributed by atoms with van der Waals surface area (Å²) in [5.74, 6) is 2.02. The van der Waals surface area contributed by atoms with Gasteiger partial charge in [-0.2, -0.15) is 0 Å². The third-order valence-electron chi connectivity index (χ3n) is 5.10. The summed E-state index contributed by atoms with van der Waals surface area (Å²) in [6.07, 6.45) is 2.24. The van der Waals surface area contributed by atoms with Crippen molar-refractivity contribution in [1.82, 2.24) is 19.8 Å². The zero-order chi connectivity index (χ0) is 15.5. The van der Waals surface area contributed by atoms with Crippen molar-refractivity contribution in [2.45, 2.75) is 39.7 Å². The lowest BCUT2D eigenvalue weighted by molar-refractivity contribution is 0.107. The number of anilines is 1. The molecule has 2 saturated heterocycles. The van der Waals surface area contributed by atoms with Gasteiger partial charge < -0.3 is 9.80 Å². The molecule has 0 amide bonds. The van der Waals surface area contributed by atoms with Crippen molar-refractivity contribution in [2.24, 2.45) is 0 Å². The lowest BCUT2D eigenvalue weighted by Gasteiger charge is -2.37. The molecule has 0 bridgehead atoms. The van der Waals surface area contributed by atoms with E-state index in [1.807, 2.05) is 6.92 Å². The molecule has 0 N–H and O–H groups in total. The predicted molar refractivity (Wildman–Crippen MR) is 90.5 cm³/mol. The van der Waals surface area contributed by atoms with E-state index in [2.05, 4.69) is 44.6 Å². The Kier molecular flexibility index (Phi) is 4.93. The van der Waals surface area contributed by atoms with Crippen LogP contribution in [-0.2, 0) is 6.42 Å². The lowest BCUT2D eigenvalue weighted by Crippen LogP contribution is -2.50. The molecule has 0 aliphatic carbocycles. The zero-order valence-electron chi connectivity index (χ0n) is 14.3. The van der Waals surface area contributed by atoms with E-state index in [0.717, 1.165) is 36.8 Å². The highest BCUT2D eigenvalue weighted by atomic mass is 15.3. The van der Waals surface area contributed by atoms with E-state index in [-0.39, 0.29) is 0 Å². The molecule has 122 valence electrons. The van der Waals surface area contributed by atoms with Crippen molar-refractivity contribution in [2.75, 3.05) is 50.7 Å². The van der Waals surface area contributed by atoms with E-state index in [1.54, 1.807) is 0 Å². The van der Waals surface area contributed by atoms with Crippen LogP contribution < -0.4 is 4.90 Å². The van der Waals surface area contributed by atoms with E-state index in [4.69, 9.17) is 0 Å². The van der Waals surface area contributed by atoms with Crippen LogP contribution in [0, 0.1) is 6.92 Å². The molecule has 0 aromatic carbocycles. The average Bonchev–Trinajstić information content (AvgIpc) is 3.04. The van der Waals surface area contributed by atoms with Crippen LogP contribution >= 0.6 is 0 Å². The van der Waals surface area contributed by atoms with Crippen LogP contribution in [0.25, 0.3) is 0 Å². The Bertz CT molecular complexity index is 496. The number of piperazine rings is 1. The van der Waals surface area contributed by atoms with Crippen LogP contribution in [0.1, 0.15) is 31.8 Å². The minimum Gasteiger partial charge on any atom is -0.355 e. The Morgan fingerprint density at radius 3 is 2.55 bits per heavy atom. The van der Waals surface area contributed by atoms with Gasteiger partial charge in [-0.25, -0.2) is 9.97 Å². The SMILES string of the molecule is CCc1cc(N2CCC(N3CCN(CC)CC3)C2)nc(C)n1. The standard InChI is InChI=1S/C17H29N5/c1-4-15-12-17(19-14(3)18-15)22-7-6-16(13-22)21-10-8-20(5-2)9-11-21/h12,16H,4-11,13H2,1-3H3. The zero-order valence-corrected chi connectivity index (χ0v) is 14.3. The summed E-state index contributed by atoms with van der Waals surface area (Å²) in [7, 11) is 0. The fraction of sp³-hybridized carbons (Fsp3) is 0.765. The van der Waals surface area contributed by atoms with Gasteiger partial charge in [-0.15, -0.1) is 0 Å². The Labute approximate surface area is 134 Å². The molecule has 2 fully saturated rings. The Hall–Kier alpha value is -1.20. The average molecular weight is 303 g/mol. The molecule has 3 rings (SSSR count). The molecule has 3 heterocycles.